The van der Waals surface area contributed by atoms with E-state index in [2.05, 4.69) is 0 Å². The normalized spacial score (nSPS) is 45.4. The monoisotopic (exact) mass is 140 g/mol. The van der Waals surface area contributed by atoms with Gasteiger partial charge in [0.1, 0.15) is 5.60 Å². The Bertz CT molecular complexity index is 151. The van der Waals surface area contributed by atoms with Crippen LogP contribution in [0.1, 0.15) is 25.7 Å². The molecule has 0 aromatic rings. The highest BCUT2D eigenvalue weighted by molar-refractivity contribution is 5.63. The Morgan fingerprint density at radius 1 is 1.50 bits per heavy atom. The lowest BCUT2D eigenvalue weighted by Crippen LogP contribution is -2.34. The van der Waals surface area contributed by atoms with Crippen LogP contribution in [0.25, 0.3) is 0 Å². The van der Waals surface area contributed by atoms with Crippen LogP contribution in [-0.2, 0) is 9.53 Å². The maximum absolute atomic E-state index is 10.6. The first-order chi connectivity index (χ1) is 4.85. The molecule has 2 nitrogen and oxygen atoms in total. The van der Waals surface area contributed by atoms with Crippen LogP contribution in [0.5, 0.6) is 0 Å². The van der Waals surface area contributed by atoms with Crippen LogP contribution in [0.3, 0.4) is 0 Å². The predicted octanol–water partition coefficient (Wildman–Crippen LogP) is 1.14. The minimum absolute atomic E-state index is 0.344. The Balaban J connectivity index is 2.16. The van der Waals surface area contributed by atoms with Gasteiger partial charge in [-0.05, 0) is 31.6 Å². The molecule has 0 aromatic heterocycles. The Kier molecular flexibility index (Phi) is 1.31. The van der Waals surface area contributed by atoms with Gasteiger partial charge in [-0.3, -0.25) is 0 Å². The van der Waals surface area contributed by atoms with E-state index in [1.165, 1.54) is 6.42 Å². The highest BCUT2D eigenvalue weighted by atomic mass is 16.5. The van der Waals surface area contributed by atoms with E-state index in [-0.39, 0.29) is 5.60 Å². The SMILES string of the molecule is O=CC12CCC(CCO1)C2. The summed E-state index contributed by atoms with van der Waals surface area (Å²) in [5, 5.41) is 0. The van der Waals surface area contributed by atoms with Crippen LogP contribution in [0, 0.1) is 5.92 Å². The number of rotatable bonds is 1. The molecule has 0 amide bonds. The Morgan fingerprint density at radius 2 is 2.40 bits per heavy atom. The summed E-state index contributed by atoms with van der Waals surface area (Å²) in [4.78, 5) is 10.6. The van der Waals surface area contributed by atoms with Gasteiger partial charge in [-0.25, -0.2) is 0 Å². The molecule has 2 unspecified atom stereocenters. The second-order valence-electron chi connectivity index (χ2n) is 3.43. The largest absolute Gasteiger partial charge is 0.368 e. The van der Waals surface area contributed by atoms with Crippen LogP contribution >= 0.6 is 0 Å². The summed E-state index contributed by atoms with van der Waals surface area (Å²) in [6, 6.07) is 0. The smallest absolute Gasteiger partial charge is 0.151 e. The van der Waals surface area contributed by atoms with E-state index in [1.807, 2.05) is 0 Å². The average Bonchev–Trinajstić information content (AvgIpc) is 2.29. The molecular formula is C8H12O2. The molecule has 2 rings (SSSR count). The maximum Gasteiger partial charge on any atom is 0.151 e. The molecule has 2 fully saturated rings. The van der Waals surface area contributed by atoms with Gasteiger partial charge in [-0.1, -0.05) is 0 Å². The summed E-state index contributed by atoms with van der Waals surface area (Å²) in [6.07, 6.45) is 5.30. The van der Waals surface area contributed by atoms with Gasteiger partial charge >= 0.3 is 0 Å². The molecule has 1 aliphatic carbocycles. The molecule has 10 heavy (non-hydrogen) atoms. The summed E-state index contributed by atoms with van der Waals surface area (Å²) in [6.45, 7) is 0.795. The standard InChI is InChI=1S/C8H12O2/c9-6-8-3-1-7(5-8)2-4-10-8/h6-7H,1-5H2. The van der Waals surface area contributed by atoms with Gasteiger partial charge in [-0.2, -0.15) is 0 Å². The highest BCUT2D eigenvalue weighted by Crippen LogP contribution is 2.41. The Morgan fingerprint density at radius 3 is 3.10 bits per heavy atom. The molecule has 0 N–H and O–H groups in total. The van der Waals surface area contributed by atoms with Crippen molar-refractivity contribution in [3.05, 3.63) is 0 Å². The molecular weight excluding hydrogens is 128 g/mol. The van der Waals surface area contributed by atoms with Gasteiger partial charge in [0.2, 0.25) is 0 Å². The van der Waals surface area contributed by atoms with Crippen LogP contribution in [0.15, 0.2) is 0 Å². The molecule has 2 bridgehead atoms. The fourth-order valence-electron chi connectivity index (χ4n) is 2.09. The van der Waals surface area contributed by atoms with Crippen LogP contribution in [0.2, 0.25) is 0 Å². The zero-order valence-corrected chi connectivity index (χ0v) is 6.01. The minimum atomic E-state index is -0.344. The number of aldehydes is 1. The molecule has 1 heterocycles. The third kappa shape index (κ3) is 0.788. The van der Waals surface area contributed by atoms with Gasteiger partial charge in [0, 0.05) is 6.61 Å². The van der Waals surface area contributed by atoms with E-state index in [0.717, 1.165) is 38.1 Å². The topological polar surface area (TPSA) is 26.3 Å². The molecule has 0 spiro atoms. The molecule has 2 heteroatoms. The van der Waals surface area contributed by atoms with E-state index in [4.69, 9.17) is 4.74 Å². The number of hydrogen-bond donors (Lipinski definition) is 0. The number of carbonyl (C=O) groups is 1. The molecule has 1 aliphatic heterocycles. The van der Waals surface area contributed by atoms with Crippen molar-refractivity contribution >= 4 is 6.29 Å². The molecule has 2 atom stereocenters. The fourth-order valence-corrected chi connectivity index (χ4v) is 2.09. The lowest BCUT2D eigenvalue weighted by atomic mass is 9.97. The minimum Gasteiger partial charge on any atom is -0.368 e. The lowest BCUT2D eigenvalue weighted by Gasteiger charge is -2.27. The van der Waals surface area contributed by atoms with Gasteiger partial charge in [-0.15, -0.1) is 0 Å². The van der Waals surface area contributed by atoms with Crippen molar-refractivity contribution in [2.45, 2.75) is 31.3 Å². The van der Waals surface area contributed by atoms with Crippen molar-refractivity contribution in [1.82, 2.24) is 0 Å². The van der Waals surface area contributed by atoms with Gasteiger partial charge < -0.3 is 9.53 Å². The van der Waals surface area contributed by atoms with Gasteiger partial charge in [0.15, 0.2) is 6.29 Å². The summed E-state index contributed by atoms with van der Waals surface area (Å²) >= 11 is 0. The summed E-state index contributed by atoms with van der Waals surface area (Å²) in [5.74, 6) is 0.777. The van der Waals surface area contributed by atoms with Crippen molar-refractivity contribution in [3.8, 4) is 0 Å². The van der Waals surface area contributed by atoms with Crippen molar-refractivity contribution in [3.63, 3.8) is 0 Å². The number of ether oxygens (including phenoxy) is 1. The van der Waals surface area contributed by atoms with Crippen molar-refractivity contribution in [1.29, 1.82) is 0 Å². The molecule has 1 saturated heterocycles. The molecule has 56 valence electrons. The maximum atomic E-state index is 10.6. The van der Waals surface area contributed by atoms with E-state index >= 15 is 0 Å². The van der Waals surface area contributed by atoms with Crippen molar-refractivity contribution in [2.75, 3.05) is 6.61 Å². The van der Waals surface area contributed by atoms with Crippen LogP contribution in [0.4, 0.5) is 0 Å². The Labute approximate surface area is 60.6 Å². The predicted molar refractivity (Wildman–Crippen MR) is 36.7 cm³/mol. The van der Waals surface area contributed by atoms with E-state index in [0.29, 0.717) is 0 Å². The third-order valence-electron chi connectivity index (χ3n) is 2.74. The number of hydrogen-bond acceptors (Lipinski definition) is 2. The van der Waals surface area contributed by atoms with Crippen molar-refractivity contribution < 1.29 is 9.53 Å². The highest BCUT2D eigenvalue weighted by Gasteiger charge is 2.42. The first-order valence-electron chi connectivity index (χ1n) is 3.95. The third-order valence-corrected chi connectivity index (χ3v) is 2.74. The molecule has 0 radical (unpaired) electrons. The first kappa shape index (κ1) is 6.35. The lowest BCUT2D eigenvalue weighted by molar-refractivity contribution is -0.134. The fraction of sp³-hybridized carbons (Fsp3) is 0.875. The number of fused-ring (bicyclic) bond motifs is 2. The van der Waals surface area contributed by atoms with Gasteiger partial charge in [0.25, 0.3) is 0 Å². The van der Waals surface area contributed by atoms with Gasteiger partial charge in [0.05, 0.1) is 0 Å². The summed E-state index contributed by atoms with van der Waals surface area (Å²) in [5.41, 5.74) is -0.344. The van der Waals surface area contributed by atoms with E-state index in [1.54, 1.807) is 0 Å². The van der Waals surface area contributed by atoms with Crippen LogP contribution in [-0.4, -0.2) is 18.5 Å². The average molecular weight is 140 g/mol. The summed E-state index contributed by atoms with van der Waals surface area (Å²) < 4.78 is 5.44. The summed E-state index contributed by atoms with van der Waals surface area (Å²) in [7, 11) is 0. The molecule has 0 aromatic carbocycles. The quantitative estimate of drug-likeness (QED) is 0.510. The second-order valence-corrected chi connectivity index (χ2v) is 3.43. The Hall–Kier alpha value is -0.370. The first-order valence-corrected chi connectivity index (χ1v) is 3.95. The van der Waals surface area contributed by atoms with Crippen LogP contribution < -0.4 is 0 Å². The zero-order valence-electron chi connectivity index (χ0n) is 6.01. The number of carbonyl (C=O) groups excluding carboxylic acids is 1. The van der Waals surface area contributed by atoms with Crippen molar-refractivity contribution in [2.24, 2.45) is 5.92 Å². The zero-order chi connectivity index (χ0) is 7.03. The molecule has 1 saturated carbocycles. The second kappa shape index (κ2) is 2.06. The van der Waals surface area contributed by atoms with E-state index < -0.39 is 0 Å². The molecule has 2 aliphatic rings. The van der Waals surface area contributed by atoms with E-state index in [9.17, 15) is 4.79 Å².